The molecule has 0 amide bonds. The van der Waals surface area contributed by atoms with E-state index in [9.17, 15) is 0 Å². The molecule has 0 aliphatic heterocycles. The molecule has 0 fully saturated rings. The van der Waals surface area contributed by atoms with Gasteiger partial charge in [0.05, 0.1) is 0 Å². The van der Waals surface area contributed by atoms with Crippen LogP contribution in [0.15, 0.2) is 91.0 Å². The predicted molar refractivity (Wildman–Crippen MR) is 75.8 cm³/mol. The molecule has 0 spiro atoms. The molecule has 0 heterocycles. The fourth-order valence-corrected chi connectivity index (χ4v) is 1.03. The van der Waals surface area contributed by atoms with Gasteiger partial charge in [0, 0.05) is 0 Å². The largest absolute Gasteiger partial charge is 3.00 e. The summed E-state index contributed by atoms with van der Waals surface area (Å²) in [6.45, 7) is 0. The van der Waals surface area contributed by atoms with Crippen LogP contribution < -0.4 is 0 Å². The average molecular weight is 334 g/mol. The van der Waals surface area contributed by atoms with Crippen LogP contribution in [0.5, 0.6) is 0 Å². The van der Waals surface area contributed by atoms with E-state index < -0.39 is 0 Å². The van der Waals surface area contributed by atoms with E-state index in [1.54, 1.807) is 0 Å². The van der Waals surface area contributed by atoms with Crippen LogP contribution in [0, 0.1) is 18.2 Å². The Morgan fingerprint density at radius 1 is 0.316 bits per heavy atom. The maximum Gasteiger partial charge on any atom is 3.00 e. The van der Waals surface area contributed by atoms with Gasteiger partial charge >= 0.3 is 19.5 Å². The van der Waals surface area contributed by atoms with Crippen LogP contribution >= 0.6 is 0 Å². The van der Waals surface area contributed by atoms with Crippen molar-refractivity contribution < 1.29 is 19.5 Å². The zero-order chi connectivity index (χ0) is 12.7. The normalized spacial score (nSPS) is 7.58. The van der Waals surface area contributed by atoms with Gasteiger partial charge in [-0.3, -0.25) is 0 Å². The van der Waals surface area contributed by atoms with Gasteiger partial charge < -0.3 is 0 Å². The molecule has 3 aromatic carbocycles. The molecule has 96 valence electrons. The van der Waals surface area contributed by atoms with Crippen LogP contribution in [0.2, 0.25) is 0 Å². The van der Waals surface area contributed by atoms with Crippen LogP contribution in [-0.2, 0) is 19.5 Å². The molecule has 0 nitrogen and oxygen atoms in total. The Balaban J connectivity index is 0.000000249. The third-order valence-electron chi connectivity index (χ3n) is 1.82. The number of rotatable bonds is 0. The van der Waals surface area contributed by atoms with Gasteiger partial charge in [-0.25, -0.2) is 0 Å². The van der Waals surface area contributed by atoms with E-state index in [2.05, 4.69) is 18.2 Å². The first-order valence-corrected chi connectivity index (χ1v) is 5.73. The van der Waals surface area contributed by atoms with Crippen LogP contribution in [0.3, 0.4) is 0 Å². The van der Waals surface area contributed by atoms with Gasteiger partial charge in [-0.1, -0.05) is 0 Å². The Morgan fingerprint density at radius 2 is 0.526 bits per heavy atom. The standard InChI is InChI=1S/3C6H5.Rh/c3*1-2-4-6-5-3-1;/h3*1-5H;/q3*-1;+3. The molecule has 1 heteroatoms. The molecular formula is C18H15Rh. The zero-order valence-electron chi connectivity index (χ0n) is 10.5. The Hall–Kier alpha value is -1.72. The predicted octanol–water partition coefficient (Wildman–Crippen LogP) is 4.46. The summed E-state index contributed by atoms with van der Waals surface area (Å²) in [6, 6.07) is 37.5. The first kappa shape index (κ1) is 17.3. The van der Waals surface area contributed by atoms with Crippen molar-refractivity contribution in [2.45, 2.75) is 0 Å². The molecule has 0 saturated carbocycles. The van der Waals surface area contributed by atoms with Crippen LogP contribution in [0.25, 0.3) is 0 Å². The minimum absolute atomic E-state index is 0. The van der Waals surface area contributed by atoms with Gasteiger partial charge in [-0.15, -0.1) is 0 Å². The number of hydrogen-bond acceptors (Lipinski definition) is 0. The summed E-state index contributed by atoms with van der Waals surface area (Å²) in [5.74, 6) is 0. The van der Waals surface area contributed by atoms with Gasteiger partial charge in [0.25, 0.3) is 0 Å². The Bertz CT molecular complexity index is 296. The summed E-state index contributed by atoms with van der Waals surface area (Å²) in [6.07, 6.45) is 0. The molecule has 0 bridgehead atoms. The van der Waals surface area contributed by atoms with Crippen molar-refractivity contribution in [1.29, 1.82) is 0 Å². The van der Waals surface area contributed by atoms with E-state index in [1.807, 2.05) is 91.0 Å². The van der Waals surface area contributed by atoms with E-state index in [0.717, 1.165) is 0 Å². The molecule has 0 radical (unpaired) electrons. The Kier molecular flexibility index (Phi) is 13.0. The maximum atomic E-state index is 2.89. The van der Waals surface area contributed by atoms with Crippen LogP contribution in [-0.4, -0.2) is 0 Å². The van der Waals surface area contributed by atoms with Crippen molar-refractivity contribution in [2.75, 3.05) is 0 Å². The summed E-state index contributed by atoms with van der Waals surface area (Å²) in [5.41, 5.74) is 0. The molecule has 19 heavy (non-hydrogen) atoms. The molecule has 0 aliphatic rings. The van der Waals surface area contributed by atoms with E-state index in [0.29, 0.717) is 0 Å². The maximum absolute atomic E-state index is 2.89. The number of hydrogen-bond donors (Lipinski definition) is 0. The molecule has 3 aromatic rings. The summed E-state index contributed by atoms with van der Waals surface area (Å²) in [7, 11) is 0. The van der Waals surface area contributed by atoms with Crippen LogP contribution in [0.1, 0.15) is 0 Å². The fraction of sp³-hybridized carbons (Fsp3) is 0. The van der Waals surface area contributed by atoms with Gasteiger partial charge in [0.2, 0.25) is 0 Å². The Morgan fingerprint density at radius 3 is 0.579 bits per heavy atom. The molecule has 0 unspecified atom stereocenters. The minimum Gasteiger partial charge on any atom is -0.184 e. The first-order chi connectivity index (χ1) is 9.00. The number of benzene rings is 3. The van der Waals surface area contributed by atoms with Gasteiger partial charge in [0.15, 0.2) is 0 Å². The smallest absolute Gasteiger partial charge is 0.184 e. The van der Waals surface area contributed by atoms with Crippen molar-refractivity contribution in [3.8, 4) is 0 Å². The van der Waals surface area contributed by atoms with E-state index in [4.69, 9.17) is 0 Å². The molecular weight excluding hydrogens is 319 g/mol. The van der Waals surface area contributed by atoms with Crippen molar-refractivity contribution in [2.24, 2.45) is 0 Å². The first-order valence-electron chi connectivity index (χ1n) is 5.73. The second kappa shape index (κ2) is 14.3. The van der Waals surface area contributed by atoms with Crippen molar-refractivity contribution in [1.82, 2.24) is 0 Å². The monoisotopic (exact) mass is 334 g/mol. The van der Waals surface area contributed by atoms with Crippen molar-refractivity contribution >= 4 is 0 Å². The molecule has 0 saturated heterocycles. The zero-order valence-corrected chi connectivity index (χ0v) is 12.1. The second-order valence-corrected chi connectivity index (χ2v) is 3.23. The molecule has 0 N–H and O–H groups in total. The second-order valence-electron chi connectivity index (χ2n) is 3.23. The molecule has 0 atom stereocenters. The fourth-order valence-electron chi connectivity index (χ4n) is 1.03. The molecule has 0 aliphatic carbocycles. The summed E-state index contributed by atoms with van der Waals surface area (Å²) >= 11 is 0. The van der Waals surface area contributed by atoms with Gasteiger partial charge in [0.1, 0.15) is 0 Å². The average Bonchev–Trinajstić information content (AvgIpc) is 2.54. The minimum atomic E-state index is 0. The summed E-state index contributed by atoms with van der Waals surface area (Å²) in [4.78, 5) is 0. The third kappa shape index (κ3) is 12.5. The van der Waals surface area contributed by atoms with E-state index in [1.165, 1.54) is 0 Å². The molecule has 3 rings (SSSR count). The van der Waals surface area contributed by atoms with Gasteiger partial charge in [-0.05, 0) is 0 Å². The third-order valence-corrected chi connectivity index (χ3v) is 1.82. The Labute approximate surface area is 128 Å². The van der Waals surface area contributed by atoms with Crippen molar-refractivity contribution in [3.05, 3.63) is 109 Å². The topological polar surface area (TPSA) is 0 Å². The SMILES string of the molecule is [Rh+3].[c-]1ccccc1.[c-]1ccccc1.[c-]1ccccc1. The van der Waals surface area contributed by atoms with Crippen LogP contribution in [0.4, 0.5) is 0 Å². The quantitative estimate of drug-likeness (QED) is 0.421. The van der Waals surface area contributed by atoms with Crippen molar-refractivity contribution in [3.63, 3.8) is 0 Å². The van der Waals surface area contributed by atoms with E-state index >= 15 is 0 Å². The summed E-state index contributed by atoms with van der Waals surface area (Å²) < 4.78 is 0. The molecule has 0 aromatic heterocycles. The van der Waals surface area contributed by atoms with E-state index in [-0.39, 0.29) is 19.5 Å². The summed E-state index contributed by atoms with van der Waals surface area (Å²) in [5, 5.41) is 0. The van der Waals surface area contributed by atoms with Gasteiger partial charge in [-0.2, -0.15) is 109 Å².